The van der Waals surface area contributed by atoms with Gasteiger partial charge in [0, 0.05) is 0 Å². The van der Waals surface area contributed by atoms with Gasteiger partial charge in [0.15, 0.2) is 0 Å². The molecule has 1 aromatic heterocycles. The van der Waals surface area contributed by atoms with Crippen LogP contribution >= 0.6 is 0 Å². The summed E-state index contributed by atoms with van der Waals surface area (Å²) in [6.07, 6.45) is 2.84. The summed E-state index contributed by atoms with van der Waals surface area (Å²) in [5.41, 5.74) is -0.353. The molecule has 0 aliphatic rings. The van der Waals surface area contributed by atoms with Crippen molar-refractivity contribution >= 4 is 5.97 Å². The smallest absolute Gasteiger partial charge is 0.327 e. The van der Waals surface area contributed by atoms with Crippen LogP contribution in [0.3, 0.4) is 0 Å². The molecule has 5 heteroatoms. The molecule has 13 heavy (non-hydrogen) atoms. The summed E-state index contributed by atoms with van der Waals surface area (Å²) in [6.45, 7) is 5.60. The third-order valence-corrected chi connectivity index (χ3v) is 1.79. The van der Waals surface area contributed by atoms with E-state index in [4.69, 9.17) is 5.11 Å². The van der Waals surface area contributed by atoms with E-state index in [0.717, 1.165) is 0 Å². The second kappa shape index (κ2) is 3.16. The van der Waals surface area contributed by atoms with Crippen LogP contribution in [-0.4, -0.2) is 25.8 Å². The standard InChI is InChI=1S/C8H13N3O2/c1-8(2,3)6(7(12)13)11-4-9-10-5-11/h4-6H,1-3H3,(H,12,13). The van der Waals surface area contributed by atoms with Crippen molar-refractivity contribution < 1.29 is 9.90 Å². The summed E-state index contributed by atoms with van der Waals surface area (Å²) in [7, 11) is 0. The number of aliphatic carboxylic acids is 1. The molecular formula is C8H13N3O2. The van der Waals surface area contributed by atoms with E-state index < -0.39 is 12.0 Å². The molecule has 0 aliphatic heterocycles. The molecule has 0 saturated carbocycles. The quantitative estimate of drug-likeness (QED) is 0.741. The van der Waals surface area contributed by atoms with Crippen molar-refractivity contribution in [2.24, 2.45) is 5.41 Å². The average molecular weight is 183 g/mol. The zero-order valence-electron chi connectivity index (χ0n) is 7.93. The fourth-order valence-electron chi connectivity index (χ4n) is 1.29. The number of aromatic nitrogens is 3. The van der Waals surface area contributed by atoms with Crippen LogP contribution in [0.4, 0.5) is 0 Å². The van der Waals surface area contributed by atoms with Crippen LogP contribution in [0.15, 0.2) is 12.7 Å². The molecule has 0 aromatic carbocycles. The van der Waals surface area contributed by atoms with Crippen LogP contribution in [0.5, 0.6) is 0 Å². The third kappa shape index (κ3) is 2.05. The number of hydrogen-bond acceptors (Lipinski definition) is 3. The molecule has 0 spiro atoms. The van der Waals surface area contributed by atoms with E-state index in [9.17, 15) is 4.79 Å². The van der Waals surface area contributed by atoms with Crippen molar-refractivity contribution in [3.8, 4) is 0 Å². The van der Waals surface area contributed by atoms with Crippen molar-refractivity contribution in [3.63, 3.8) is 0 Å². The van der Waals surface area contributed by atoms with Crippen molar-refractivity contribution in [1.29, 1.82) is 0 Å². The minimum atomic E-state index is -0.868. The number of hydrogen-bond donors (Lipinski definition) is 1. The Hall–Kier alpha value is -1.39. The fourth-order valence-corrected chi connectivity index (χ4v) is 1.29. The van der Waals surface area contributed by atoms with Crippen molar-refractivity contribution in [1.82, 2.24) is 14.8 Å². The first-order valence-electron chi connectivity index (χ1n) is 4.00. The molecular weight excluding hydrogens is 170 g/mol. The van der Waals surface area contributed by atoms with Gasteiger partial charge in [-0.15, -0.1) is 10.2 Å². The molecule has 0 saturated heterocycles. The van der Waals surface area contributed by atoms with E-state index >= 15 is 0 Å². The Bertz CT molecular complexity index is 287. The number of carboxylic acids is 1. The predicted molar refractivity (Wildman–Crippen MR) is 46.1 cm³/mol. The van der Waals surface area contributed by atoms with E-state index in [1.807, 2.05) is 20.8 Å². The Morgan fingerprint density at radius 3 is 2.15 bits per heavy atom. The maximum Gasteiger partial charge on any atom is 0.327 e. The maximum atomic E-state index is 11.0. The van der Waals surface area contributed by atoms with Gasteiger partial charge in [-0.25, -0.2) is 4.79 Å². The summed E-state index contributed by atoms with van der Waals surface area (Å²) in [4.78, 5) is 11.0. The molecule has 1 rings (SSSR count). The van der Waals surface area contributed by atoms with E-state index in [0.29, 0.717) is 0 Å². The number of carboxylic acid groups (broad SMARTS) is 1. The van der Waals surface area contributed by atoms with Gasteiger partial charge >= 0.3 is 5.97 Å². The number of nitrogens with zero attached hydrogens (tertiary/aromatic N) is 3. The average Bonchev–Trinajstić information content (AvgIpc) is 2.34. The molecule has 1 aromatic rings. The Morgan fingerprint density at radius 1 is 1.38 bits per heavy atom. The highest BCUT2D eigenvalue weighted by Gasteiger charge is 2.32. The normalized spacial score (nSPS) is 14.1. The van der Waals surface area contributed by atoms with Crippen molar-refractivity contribution in [3.05, 3.63) is 12.7 Å². The second-order valence-electron chi connectivity index (χ2n) is 4.02. The lowest BCUT2D eigenvalue weighted by Gasteiger charge is -2.27. The topological polar surface area (TPSA) is 68.0 Å². The van der Waals surface area contributed by atoms with Crippen LogP contribution in [0.2, 0.25) is 0 Å². The zero-order chi connectivity index (χ0) is 10.1. The van der Waals surface area contributed by atoms with Gasteiger partial charge in [0.2, 0.25) is 0 Å². The largest absolute Gasteiger partial charge is 0.480 e. The molecule has 0 fully saturated rings. The third-order valence-electron chi connectivity index (χ3n) is 1.79. The van der Waals surface area contributed by atoms with E-state index in [1.165, 1.54) is 17.2 Å². The van der Waals surface area contributed by atoms with E-state index in [-0.39, 0.29) is 5.41 Å². The van der Waals surface area contributed by atoms with Crippen LogP contribution in [0.1, 0.15) is 26.8 Å². The fraction of sp³-hybridized carbons (Fsp3) is 0.625. The first kappa shape index (κ1) is 9.70. The Balaban J connectivity index is 3.01. The molecule has 72 valence electrons. The molecule has 1 heterocycles. The summed E-state index contributed by atoms with van der Waals surface area (Å²) >= 11 is 0. The molecule has 1 unspecified atom stereocenters. The molecule has 0 radical (unpaired) electrons. The second-order valence-corrected chi connectivity index (χ2v) is 4.02. The van der Waals surface area contributed by atoms with Gasteiger partial charge in [-0.3, -0.25) is 0 Å². The maximum absolute atomic E-state index is 11.0. The van der Waals surface area contributed by atoms with Gasteiger partial charge in [0.25, 0.3) is 0 Å². The van der Waals surface area contributed by atoms with Crippen LogP contribution < -0.4 is 0 Å². The summed E-state index contributed by atoms with van der Waals surface area (Å²) < 4.78 is 1.50. The lowest BCUT2D eigenvalue weighted by molar-refractivity contribution is -0.144. The van der Waals surface area contributed by atoms with E-state index in [2.05, 4.69) is 10.2 Å². The van der Waals surface area contributed by atoms with Gasteiger partial charge < -0.3 is 9.67 Å². The minimum Gasteiger partial charge on any atom is -0.480 e. The molecule has 0 amide bonds. The Morgan fingerprint density at radius 2 is 1.85 bits per heavy atom. The summed E-state index contributed by atoms with van der Waals surface area (Å²) in [5.74, 6) is -0.868. The highest BCUT2D eigenvalue weighted by atomic mass is 16.4. The summed E-state index contributed by atoms with van der Waals surface area (Å²) in [6, 6.07) is -0.623. The zero-order valence-corrected chi connectivity index (χ0v) is 7.93. The monoisotopic (exact) mass is 183 g/mol. The van der Waals surface area contributed by atoms with E-state index in [1.54, 1.807) is 0 Å². The SMILES string of the molecule is CC(C)(C)C(C(=O)O)n1cnnc1. The molecule has 1 atom stereocenters. The lowest BCUT2D eigenvalue weighted by Crippen LogP contribution is -2.30. The Labute approximate surface area is 76.4 Å². The number of carbonyl (C=O) groups is 1. The molecule has 0 aliphatic carbocycles. The summed E-state index contributed by atoms with van der Waals surface area (Å²) in [5, 5.41) is 16.2. The van der Waals surface area contributed by atoms with Gasteiger partial charge in [-0.2, -0.15) is 0 Å². The number of rotatable bonds is 2. The first-order valence-corrected chi connectivity index (χ1v) is 4.00. The minimum absolute atomic E-state index is 0.353. The first-order chi connectivity index (χ1) is 5.93. The van der Waals surface area contributed by atoms with Gasteiger partial charge in [0.1, 0.15) is 18.7 Å². The van der Waals surface area contributed by atoms with Gasteiger partial charge in [0.05, 0.1) is 0 Å². The van der Waals surface area contributed by atoms with Gasteiger partial charge in [-0.05, 0) is 5.41 Å². The highest BCUT2D eigenvalue weighted by Crippen LogP contribution is 2.29. The highest BCUT2D eigenvalue weighted by molar-refractivity contribution is 5.72. The molecule has 0 bridgehead atoms. The van der Waals surface area contributed by atoms with Crippen molar-refractivity contribution in [2.45, 2.75) is 26.8 Å². The Kier molecular flexibility index (Phi) is 2.36. The predicted octanol–water partition coefficient (Wildman–Crippen LogP) is 0.950. The molecule has 1 N–H and O–H groups in total. The van der Waals surface area contributed by atoms with Crippen LogP contribution in [0.25, 0.3) is 0 Å². The lowest BCUT2D eigenvalue weighted by atomic mass is 9.87. The van der Waals surface area contributed by atoms with Crippen LogP contribution in [-0.2, 0) is 4.79 Å². The van der Waals surface area contributed by atoms with Crippen molar-refractivity contribution in [2.75, 3.05) is 0 Å². The molecule has 5 nitrogen and oxygen atoms in total. The van der Waals surface area contributed by atoms with Crippen LogP contribution in [0, 0.1) is 5.41 Å². The van der Waals surface area contributed by atoms with Gasteiger partial charge in [-0.1, -0.05) is 20.8 Å².